The van der Waals surface area contributed by atoms with Crippen molar-refractivity contribution in [3.63, 3.8) is 0 Å². The van der Waals surface area contributed by atoms with Gasteiger partial charge < -0.3 is 5.11 Å². The van der Waals surface area contributed by atoms with Crippen LogP contribution in [0.4, 0.5) is 5.69 Å². The minimum atomic E-state index is 0.240. The van der Waals surface area contributed by atoms with E-state index in [9.17, 15) is 5.11 Å². The number of para-hydroxylation sites is 1. The lowest BCUT2D eigenvalue weighted by molar-refractivity contribution is 0.474. The zero-order chi connectivity index (χ0) is 16.1. The summed E-state index contributed by atoms with van der Waals surface area (Å²) in [5.74, 6) is 1.36. The maximum atomic E-state index is 9.76. The van der Waals surface area contributed by atoms with Crippen LogP contribution >= 0.6 is 23.1 Å². The van der Waals surface area contributed by atoms with Gasteiger partial charge in [-0.05, 0) is 36.8 Å². The van der Waals surface area contributed by atoms with Crippen LogP contribution in [-0.2, 0) is 0 Å². The van der Waals surface area contributed by atoms with Gasteiger partial charge in [-0.15, -0.1) is 11.3 Å². The number of unbranched alkanes of at least 4 members (excludes halogenated alkanes) is 1. The Kier molecular flexibility index (Phi) is 5.31. The van der Waals surface area contributed by atoms with Crippen molar-refractivity contribution in [1.29, 1.82) is 0 Å². The number of benzene rings is 2. The number of rotatable bonds is 6. The molecular weight excluding hydrogens is 324 g/mol. The number of aromatic nitrogens is 1. The molecule has 1 heterocycles. The van der Waals surface area contributed by atoms with Crippen LogP contribution in [0.15, 0.2) is 51.8 Å². The number of phenolic OH excluding ortho intramolecular Hbond substituents is 1. The second-order valence-electron chi connectivity index (χ2n) is 5.15. The van der Waals surface area contributed by atoms with Crippen molar-refractivity contribution in [2.45, 2.75) is 24.1 Å². The summed E-state index contributed by atoms with van der Waals surface area (Å²) in [7, 11) is 0. The molecule has 1 aromatic heterocycles. The van der Waals surface area contributed by atoms with Crippen LogP contribution < -0.4 is 0 Å². The number of hydrogen-bond acceptors (Lipinski definition) is 5. The van der Waals surface area contributed by atoms with Gasteiger partial charge in [0.15, 0.2) is 4.34 Å². The molecule has 3 nitrogen and oxygen atoms in total. The van der Waals surface area contributed by atoms with E-state index in [2.05, 4.69) is 16.9 Å². The van der Waals surface area contributed by atoms with Crippen molar-refractivity contribution in [2.24, 2.45) is 4.99 Å². The van der Waals surface area contributed by atoms with E-state index in [4.69, 9.17) is 0 Å². The minimum Gasteiger partial charge on any atom is -0.507 e. The number of fused-ring (bicyclic) bond motifs is 1. The van der Waals surface area contributed by atoms with Crippen LogP contribution in [0.1, 0.15) is 25.3 Å². The summed E-state index contributed by atoms with van der Waals surface area (Å²) in [4.78, 5) is 9.11. The van der Waals surface area contributed by atoms with E-state index in [1.54, 1.807) is 29.7 Å². The Hall–Kier alpha value is -1.85. The molecule has 5 heteroatoms. The Balaban J connectivity index is 1.78. The van der Waals surface area contributed by atoms with Gasteiger partial charge in [-0.25, -0.2) is 4.98 Å². The predicted molar refractivity (Wildman–Crippen MR) is 101 cm³/mol. The number of phenols is 1. The zero-order valence-corrected chi connectivity index (χ0v) is 14.5. The molecule has 3 rings (SSSR count). The summed E-state index contributed by atoms with van der Waals surface area (Å²) >= 11 is 3.54. The highest BCUT2D eigenvalue weighted by atomic mass is 32.2. The van der Waals surface area contributed by atoms with Crippen molar-refractivity contribution in [3.05, 3.63) is 48.0 Å². The molecule has 0 amide bonds. The van der Waals surface area contributed by atoms with E-state index in [1.807, 2.05) is 42.1 Å². The number of thiazole rings is 1. The van der Waals surface area contributed by atoms with E-state index in [-0.39, 0.29) is 5.75 Å². The van der Waals surface area contributed by atoms with Gasteiger partial charge in [0.1, 0.15) is 5.75 Å². The molecule has 0 fully saturated rings. The van der Waals surface area contributed by atoms with Crippen molar-refractivity contribution in [3.8, 4) is 5.75 Å². The Morgan fingerprint density at radius 3 is 2.96 bits per heavy atom. The number of aliphatic imine (C=N–C) groups is 1. The highest BCUT2D eigenvalue weighted by Crippen LogP contribution is 2.32. The summed E-state index contributed by atoms with van der Waals surface area (Å²) in [5, 5.41) is 9.76. The van der Waals surface area contributed by atoms with Gasteiger partial charge >= 0.3 is 0 Å². The monoisotopic (exact) mass is 342 g/mol. The quantitative estimate of drug-likeness (QED) is 0.358. The fourth-order valence-electron chi connectivity index (χ4n) is 2.08. The molecule has 2 aromatic carbocycles. The fourth-order valence-corrected chi connectivity index (χ4v) is 4.33. The van der Waals surface area contributed by atoms with E-state index in [0.29, 0.717) is 5.56 Å². The fraction of sp³-hybridized carbons (Fsp3) is 0.222. The minimum absolute atomic E-state index is 0.240. The lowest BCUT2D eigenvalue weighted by Gasteiger charge is -1.97. The molecule has 0 aliphatic carbocycles. The average Bonchev–Trinajstić information content (AvgIpc) is 2.96. The van der Waals surface area contributed by atoms with Crippen LogP contribution in [0.5, 0.6) is 5.75 Å². The van der Waals surface area contributed by atoms with E-state index >= 15 is 0 Å². The molecule has 3 aromatic rings. The first-order valence-corrected chi connectivity index (χ1v) is 9.42. The third-order valence-electron chi connectivity index (χ3n) is 3.37. The SMILES string of the molecule is CCCCSc1nc2ccc(N=Cc3ccccc3O)cc2s1. The summed E-state index contributed by atoms with van der Waals surface area (Å²) in [6, 6.07) is 13.2. The normalized spacial score (nSPS) is 11.5. The molecule has 0 saturated heterocycles. The zero-order valence-electron chi connectivity index (χ0n) is 12.9. The van der Waals surface area contributed by atoms with E-state index < -0.39 is 0 Å². The van der Waals surface area contributed by atoms with Gasteiger partial charge in [0, 0.05) is 17.5 Å². The van der Waals surface area contributed by atoms with E-state index in [0.717, 1.165) is 26.0 Å². The lowest BCUT2D eigenvalue weighted by Crippen LogP contribution is -1.80. The Morgan fingerprint density at radius 2 is 2.13 bits per heavy atom. The predicted octanol–water partition coefficient (Wildman–Crippen LogP) is 5.64. The first-order chi connectivity index (χ1) is 11.3. The van der Waals surface area contributed by atoms with Crippen molar-refractivity contribution >= 4 is 45.2 Å². The van der Waals surface area contributed by atoms with Gasteiger partial charge in [-0.2, -0.15) is 0 Å². The highest BCUT2D eigenvalue weighted by Gasteiger charge is 2.05. The van der Waals surface area contributed by atoms with Crippen LogP contribution in [0.25, 0.3) is 10.2 Å². The molecule has 0 spiro atoms. The molecule has 0 aliphatic heterocycles. The Labute approximate surface area is 144 Å². The lowest BCUT2D eigenvalue weighted by atomic mass is 10.2. The third kappa shape index (κ3) is 4.12. The molecule has 118 valence electrons. The number of aromatic hydroxyl groups is 1. The summed E-state index contributed by atoms with van der Waals surface area (Å²) < 4.78 is 2.27. The smallest absolute Gasteiger partial charge is 0.151 e. The first-order valence-electron chi connectivity index (χ1n) is 7.61. The maximum absolute atomic E-state index is 9.76. The number of hydrogen-bond donors (Lipinski definition) is 1. The second-order valence-corrected chi connectivity index (χ2v) is 7.52. The topological polar surface area (TPSA) is 45.5 Å². The molecule has 0 radical (unpaired) electrons. The Morgan fingerprint density at radius 1 is 1.26 bits per heavy atom. The van der Waals surface area contributed by atoms with Crippen LogP contribution in [0.2, 0.25) is 0 Å². The number of thioether (sulfide) groups is 1. The summed E-state index contributed by atoms with van der Waals surface area (Å²) in [5.41, 5.74) is 2.61. The van der Waals surface area contributed by atoms with Crippen molar-refractivity contribution in [1.82, 2.24) is 4.98 Å². The average molecular weight is 342 g/mol. The molecule has 0 bridgehead atoms. The first kappa shape index (κ1) is 16.0. The summed E-state index contributed by atoms with van der Waals surface area (Å²) in [6.45, 7) is 2.20. The summed E-state index contributed by atoms with van der Waals surface area (Å²) in [6.07, 6.45) is 4.12. The molecular formula is C18H18N2OS2. The largest absolute Gasteiger partial charge is 0.507 e. The third-order valence-corrected chi connectivity index (χ3v) is 5.61. The van der Waals surface area contributed by atoms with Crippen LogP contribution in [-0.4, -0.2) is 22.1 Å². The molecule has 0 atom stereocenters. The highest BCUT2D eigenvalue weighted by molar-refractivity contribution is 8.01. The number of nitrogens with zero attached hydrogens (tertiary/aromatic N) is 2. The van der Waals surface area contributed by atoms with Crippen LogP contribution in [0.3, 0.4) is 0 Å². The van der Waals surface area contributed by atoms with Gasteiger partial charge in [0.2, 0.25) is 0 Å². The van der Waals surface area contributed by atoms with Gasteiger partial charge in [-0.3, -0.25) is 4.99 Å². The molecule has 0 unspecified atom stereocenters. The van der Waals surface area contributed by atoms with Gasteiger partial charge in [0.25, 0.3) is 0 Å². The molecule has 23 heavy (non-hydrogen) atoms. The Bertz CT molecular complexity index is 827. The van der Waals surface area contributed by atoms with Crippen LogP contribution in [0, 0.1) is 0 Å². The van der Waals surface area contributed by atoms with Gasteiger partial charge in [-0.1, -0.05) is 37.2 Å². The van der Waals surface area contributed by atoms with E-state index in [1.165, 1.54) is 12.8 Å². The second kappa shape index (κ2) is 7.62. The van der Waals surface area contributed by atoms with Crippen molar-refractivity contribution in [2.75, 3.05) is 5.75 Å². The molecule has 1 N–H and O–H groups in total. The molecule has 0 saturated carbocycles. The van der Waals surface area contributed by atoms with Crippen molar-refractivity contribution < 1.29 is 5.11 Å². The maximum Gasteiger partial charge on any atom is 0.151 e. The standard InChI is InChI=1S/C18H18N2OS2/c1-2-3-10-22-18-20-15-9-8-14(11-17(15)23-18)19-12-13-6-4-5-7-16(13)21/h4-9,11-12,21H,2-3,10H2,1H3. The van der Waals surface area contributed by atoms with Gasteiger partial charge in [0.05, 0.1) is 15.9 Å². The molecule has 0 aliphatic rings.